The van der Waals surface area contributed by atoms with Crippen LogP contribution in [0.5, 0.6) is 0 Å². The standard InChI is InChI=1S/C18H23NO/c1-3-19-17(18-13(2)10-11-20-18)16-9-5-8-15(12-16)14-6-4-7-14/h5,8-12,14,17,19H,3-4,6-7H2,1-2H3. The minimum atomic E-state index is 0.162. The van der Waals surface area contributed by atoms with Crippen molar-refractivity contribution in [1.82, 2.24) is 5.32 Å². The summed E-state index contributed by atoms with van der Waals surface area (Å²) in [6.45, 7) is 5.18. The summed E-state index contributed by atoms with van der Waals surface area (Å²) in [5.41, 5.74) is 4.01. The van der Waals surface area contributed by atoms with Crippen molar-refractivity contribution in [3.05, 3.63) is 59.0 Å². The minimum absolute atomic E-state index is 0.162. The van der Waals surface area contributed by atoms with Crippen molar-refractivity contribution in [2.24, 2.45) is 0 Å². The maximum absolute atomic E-state index is 5.71. The number of aryl methyl sites for hydroxylation is 1. The van der Waals surface area contributed by atoms with Gasteiger partial charge in [0.15, 0.2) is 0 Å². The predicted octanol–water partition coefficient (Wildman–Crippen LogP) is 4.55. The molecule has 2 nitrogen and oxygen atoms in total. The van der Waals surface area contributed by atoms with E-state index in [0.29, 0.717) is 0 Å². The number of hydrogen-bond acceptors (Lipinski definition) is 2. The first-order valence-corrected chi connectivity index (χ1v) is 7.67. The number of furan rings is 1. The normalized spacial score (nSPS) is 16.9. The summed E-state index contributed by atoms with van der Waals surface area (Å²) in [6, 6.07) is 11.2. The van der Waals surface area contributed by atoms with Crippen LogP contribution in [0.4, 0.5) is 0 Å². The van der Waals surface area contributed by atoms with Gasteiger partial charge in [-0.05, 0) is 55.0 Å². The lowest BCUT2D eigenvalue weighted by atomic mass is 9.79. The summed E-state index contributed by atoms with van der Waals surface area (Å²) in [4.78, 5) is 0. The Hall–Kier alpha value is -1.54. The second-order valence-electron chi connectivity index (χ2n) is 5.76. The second kappa shape index (κ2) is 5.84. The van der Waals surface area contributed by atoms with Crippen LogP contribution in [0, 0.1) is 6.92 Å². The number of benzene rings is 1. The highest BCUT2D eigenvalue weighted by atomic mass is 16.3. The van der Waals surface area contributed by atoms with Gasteiger partial charge in [-0.1, -0.05) is 37.6 Å². The molecule has 106 valence electrons. The third-order valence-corrected chi connectivity index (χ3v) is 4.39. The molecular weight excluding hydrogens is 246 g/mol. The lowest BCUT2D eigenvalue weighted by molar-refractivity contribution is 0.418. The van der Waals surface area contributed by atoms with Gasteiger partial charge in [-0.25, -0.2) is 0 Å². The third kappa shape index (κ3) is 2.53. The second-order valence-corrected chi connectivity index (χ2v) is 5.76. The molecule has 1 aliphatic carbocycles. The van der Waals surface area contributed by atoms with Crippen LogP contribution in [0.15, 0.2) is 41.0 Å². The van der Waals surface area contributed by atoms with Gasteiger partial charge < -0.3 is 9.73 Å². The Kier molecular flexibility index (Phi) is 3.93. The molecule has 1 unspecified atom stereocenters. The van der Waals surface area contributed by atoms with Crippen molar-refractivity contribution in [2.45, 2.75) is 45.1 Å². The topological polar surface area (TPSA) is 25.2 Å². The highest BCUT2D eigenvalue weighted by Gasteiger charge is 2.22. The zero-order valence-corrected chi connectivity index (χ0v) is 12.4. The lowest BCUT2D eigenvalue weighted by Gasteiger charge is -2.27. The van der Waals surface area contributed by atoms with Gasteiger partial charge in [0, 0.05) is 0 Å². The molecule has 1 heterocycles. The lowest BCUT2D eigenvalue weighted by Crippen LogP contribution is -2.22. The summed E-state index contributed by atoms with van der Waals surface area (Å²) in [5, 5.41) is 3.55. The molecule has 2 heteroatoms. The predicted molar refractivity (Wildman–Crippen MR) is 82.0 cm³/mol. The van der Waals surface area contributed by atoms with Crippen molar-refractivity contribution < 1.29 is 4.42 Å². The Morgan fingerprint density at radius 3 is 2.75 bits per heavy atom. The van der Waals surface area contributed by atoms with Gasteiger partial charge in [-0.15, -0.1) is 0 Å². The molecule has 1 saturated carbocycles. The van der Waals surface area contributed by atoms with Gasteiger partial charge in [0.25, 0.3) is 0 Å². The Balaban J connectivity index is 1.93. The molecule has 1 aliphatic rings. The highest BCUT2D eigenvalue weighted by Crippen LogP contribution is 2.37. The molecule has 1 N–H and O–H groups in total. The molecule has 3 rings (SSSR count). The van der Waals surface area contributed by atoms with Crippen LogP contribution in [-0.2, 0) is 0 Å². The monoisotopic (exact) mass is 269 g/mol. The molecule has 1 fully saturated rings. The van der Waals surface area contributed by atoms with E-state index in [2.05, 4.69) is 43.4 Å². The molecular formula is C18H23NO. The summed E-state index contributed by atoms with van der Waals surface area (Å²) in [7, 11) is 0. The van der Waals surface area contributed by atoms with E-state index in [1.54, 1.807) is 6.26 Å². The average Bonchev–Trinajstić information content (AvgIpc) is 2.80. The zero-order chi connectivity index (χ0) is 13.9. The summed E-state index contributed by atoms with van der Waals surface area (Å²) in [6.07, 6.45) is 5.85. The fourth-order valence-corrected chi connectivity index (χ4v) is 2.98. The Bertz CT molecular complexity index is 568. The van der Waals surface area contributed by atoms with Crippen LogP contribution in [-0.4, -0.2) is 6.54 Å². The van der Waals surface area contributed by atoms with Crippen LogP contribution >= 0.6 is 0 Å². The van der Waals surface area contributed by atoms with Gasteiger partial charge in [0.05, 0.1) is 12.3 Å². The van der Waals surface area contributed by atoms with Crippen molar-refractivity contribution in [3.63, 3.8) is 0 Å². The Morgan fingerprint density at radius 1 is 1.30 bits per heavy atom. The van der Waals surface area contributed by atoms with Crippen LogP contribution in [0.25, 0.3) is 0 Å². The van der Waals surface area contributed by atoms with E-state index in [0.717, 1.165) is 18.2 Å². The average molecular weight is 269 g/mol. The first-order chi connectivity index (χ1) is 9.79. The molecule has 1 aromatic heterocycles. The molecule has 1 atom stereocenters. The first kappa shape index (κ1) is 13.4. The molecule has 0 bridgehead atoms. The highest BCUT2D eigenvalue weighted by molar-refractivity contribution is 5.35. The maximum atomic E-state index is 5.71. The Morgan fingerprint density at radius 2 is 2.15 bits per heavy atom. The minimum Gasteiger partial charge on any atom is -0.467 e. The summed E-state index contributed by atoms with van der Waals surface area (Å²) < 4.78 is 5.71. The van der Waals surface area contributed by atoms with Crippen LogP contribution in [0.3, 0.4) is 0 Å². The van der Waals surface area contributed by atoms with E-state index < -0.39 is 0 Å². The molecule has 0 aliphatic heterocycles. The van der Waals surface area contributed by atoms with Crippen molar-refractivity contribution in [3.8, 4) is 0 Å². The molecule has 0 saturated heterocycles. The fraction of sp³-hybridized carbons (Fsp3) is 0.444. The van der Waals surface area contributed by atoms with E-state index >= 15 is 0 Å². The molecule has 1 aromatic carbocycles. The van der Waals surface area contributed by atoms with Crippen molar-refractivity contribution in [1.29, 1.82) is 0 Å². The number of hydrogen-bond donors (Lipinski definition) is 1. The van der Waals surface area contributed by atoms with Crippen LogP contribution in [0.1, 0.15) is 60.6 Å². The van der Waals surface area contributed by atoms with Crippen LogP contribution in [0.2, 0.25) is 0 Å². The van der Waals surface area contributed by atoms with Gasteiger partial charge >= 0.3 is 0 Å². The van der Waals surface area contributed by atoms with Gasteiger partial charge in [0.2, 0.25) is 0 Å². The molecule has 2 aromatic rings. The van der Waals surface area contributed by atoms with Crippen LogP contribution < -0.4 is 5.32 Å². The SMILES string of the molecule is CCNC(c1cccc(C2CCC2)c1)c1occc1C. The van der Waals surface area contributed by atoms with E-state index in [1.807, 2.05) is 6.07 Å². The summed E-state index contributed by atoms with van der Waals surface area (Å²) >= 11 is 0. The van der Waals surface area contributed by atoms with Crippen molar-refractivity contribution in [2.75, 3.05) is 6.54 Å². The third-order valence-electron chi connectivity index (χ3n) is 4.39. The van der Waals surface area contributed by atoms with Gasteiger partial charge in [0.1, 0.15) is 5.76 Å². The number of rotatable bonds is 5. The number of nitrogens with one attached hydrogen (secondary N) is 1. The zero-order valence-electron chi connectivity index (χ0n) is 12.4. The fourth-order valence-electron chi connectivity index (χ4n) is 2.98. The molecule has 20 heavy (non-hydrogen) atoms. The maximum Gasteiger partial charge on any atom is 0.128 e. The molecule has 0 radical (unpaired) electrons. The smallest absolute Gasteiger partial charge is 0.128 e. The van der Waals surface area contributed by atoms with Crippen molar-refractivity contribution >= 4 is 0 Å². The van der Waals surface area contributed by atoms with E-state index in [9.17, 15) is 0 Å². The van der Waals surface area contributed by atoms with Gasteiger partial charge in [-0.2, -0.15) is 0 Å². The quantitative estimate of drug-likeness (QED) is 0.861. The first-order valence-electron chi connectivity index (χ1n) is 7.67. The van der Waals surface area contributed by atoms with E-state index in [-0.39, 0.29) is 6.04 Å². The molecule has 0 spiro atoms. The van der Waals surface area contributed by atoms with E-state index in [4.69, 9.17) is 4.42 Å². The molecule has 0 amide bonds. The van der Waals surface area contributed by atoms with E-state index in [1.165, 1.54) is 36.0 Å². The Labute approximate surface area is 121 Å². The summed E-state index contributed by atoms with van der Waals surface area (Å²) in [5.74, 6) is 1.81. The largest absolute Gasteiger partial charge is 0.467 e. The van der Waals surface area contributed by atoms with Gasteiger partial charge in [-0.3, -0.25) is 0 Å².